The van der Waals surface area contributed by atoms with Gasteiger partial charge in [0.1, 0.15) is 17.2 Å². The lowest BCUT2D eigenvalue weighted by Crippen LogP contribution is -1.66. The molecule has 5 heteroatoms. The van der Waals surface area contributed by atoms with E-state index >= 15 is 0 Å². The molecule has 0 spiro atoms. The average Bonchev–Trinajstić information content (AvgIpc) is 1.84. The van der Waals surface area contributed by atoms with Crippen molar-refractivity contribution in [3.8, 4) is 17.2 Å². The molecular formula is C7H6O5. The van der Waals surface area contributed by atoms with E-state index in [0.29, 0.717) is 0 Å². The summed E-state index contributed by atoms with van der Waals surface area (Å²) in [5, 5.41) is 26.0. The van der Waals surface area contributed by atoms with Crippen molar-refractivity contribution in [1.82, 2.24) is 0 Å². The Bertz CT molecular complexity index is 237. The average molecular weight is 170 g/mol. The van der Waals surface area contributed by atoms with Gasteiger partial charge in [-0.15, -0.1) is 0 Å². The minimum atomic E-state index is -0.146. The van der Waals surface area contributed by atoms with Crippen LogP contribution in [0, 0.1) is 0 Å². The van der Waals surface area contributed by atoms with Crippen LogP contribution in [-0.2, 0) is 9.59 Å². The maximum atomic E-state index is 8.67. The topological polar surface area (TPSA) is 94.8 Å². The number of benzene rings is 1. The van der Waals surface area contributed by atoms with Crippen molar-refractivity contribution in [3.63, 3.8) is 0 Å². The highest BCUT2D eigenvalue weighted by Gasteiger charge is 1.94. The Balaban J connectivity index is 0.000000354. The molecule has 0 atom stereocenters. The molecular weight excluding hydrogens is 164 g/mol. The fourth-order valence-corrected chi connectivity index (χ4v) is 0.580. The summed E-state index contributed by atoms with van der Waals surface area (Å²) in [6, 6.07) is 3.42. The van der Waals surface area contributed by atoms with Gasteiger partial charge in [-0.2, -0.15) is 9.59 Å². The number of hydrogen-bond donors (Lipinski definition) is 3. The number of phenols is 3. The molecule has 12 heavy (non-hydrogen) atoms. The fraction of sp³-hybridized carbons (Fsp3) is 0. The van der Waals surface area contributed by atoms with E-state index in [9.17, 15) is 0 Å². The van der Waals surface area contributed by atoms with Gasteiger partial charge in [-0.25, -0.2) is 0 Å². The zero-order valence-electron chi connectivity index (χ0n) is 5.89. The molecule has 0 unspecified atom stereocenters. The smallest absolute Gasteiger partial charge is 0.373 e. The van der Waals surface area contributed by atoms with Gasteiger partial charge in [0.05, 0.1) is 0 Å². The molecule has 64 valence electrons. The molecule has 0 saturated heterocycles. The summed E-state index contributed by atoms with van der Waals surface area (Å²) in [7, 11) is 0. The second-order valence-corrected chi connectivity index (χ2v) is 1.79. The van der Waals surface area contributed by atoms with Crippen LogP contribution >= 0.6 is 0 Å². The van der Waals surface area contributed by atoms with E-state index in [-0.39, 0.29) is 23.4 Å². The van der Waals surface area contributed by atoms with Gasteiger partial charge in [0.2, 0.25) is 0 Å². The lowest BCUT2D eigenvalue weighted by Gasteiger charge is -1.94. The molecule has 0 aliphatic heterocycles. The van der Waals surface area contributed by atoms with Gasteiger partial charge in [-0.1, -0.05) is 0 Å². The number of aromatic hydroxyl groups is 3. The molecule has 0 heterocycles. The minimum Gasteiger partial charge on any atom is -0.508 e. The SMILES string of the molecule is O=C=O.Oc1cc(O)cc(O)c1. The lowest BCUT2D eigenvalue weighted by atomic mass is 10.3. The molecule has 3 N–H and O–H groups in total. The number of hydrogen-bond acceptors (Lipinski definition) is 5. The third-order valence-corrected chi connectivity index (χ3v) is 0.887. The van der Waals surface area contributed by atoms with Crippen molar-refractivity contribution in [1.29, 1.82) is 0 Å². The van der Waals surface area contributed by atoms with Crippen LogP contribution in [-0.4, -0.2) is 21.5 Å². The quantitative estimate of drug-likeness (QED) is 0.517. The van der Waals surface area contributed by atoms with Crippen molar-refractivity contribution in [2.45, 2.75) is 0 Å². The highest BCUT2D eigenvalue weighted by molar-refractivity contribution is 5.39. The van der Waals surface area contributed by atoms with Crippen LogP contribution in [0.3, 0.4) is 0 Å². The molecule has 0 aromatic heterocycles. The first-order valence-electron chi connectivity index (χ1n) is 2.81. The maximum Gasteiger partial charge on any atom is 0.373 e. The number of rotatable bonds is 0. The molecule has 0 aliphatic carbocycles. The summed E-state index contributed by atoms with van der Waals surface area (Å²) in [4.78, 5) is 16.2. The third-order valence-electron chi connectivity index (χ3n) is 0.887. The summed E-state index contributed by atoms with van der Waals surface area (Å²) in [6.07, 6.45) is 0.250. The fourth-order valence-electron chi connectivity index (χ4n) is 0.580. The normalized spacial score (nSPS) is 7.67. The molecule has 0 bridgehead atoms. The van der Waals surface area contributed by atoms with Crippen molar-refractivity contribution in [3.05, 3.63) is 18.2 Å². The van der Waals surface area contributed by atoms with E-state index in [1.165, 1.54) is 0 Å². The summed E-state index contributed by atoms with van der Waals surface area (Å²) in [6.45, 7) is 0. The Morgan fingerprint density at radius 1 is 0.833 bits per heavy atom. The maximum absolute atomic E-state index is 8.67. The molecule has 5 nitrogen and oxygen atoms in total. The van der Waals surface area contributed by atoms with Crippen LogP contribution in [0.5, 0.6) is 17.2 Å². The Hall–Kier alpha value is -2.00. The van der Waals surface area contributed by atoms with Crippen molar-refractivity contribution in [2.75, 3.05) is 0 Å². The van der Waals surface area contributed by atoms with E-state index in [4.69, 9.17) is 24.9 Å². The molecule has 1 aromatic carbocycles. The van der Waals surface area contributed by atoms with E-state index < -0.39 is 0 Å². The lowest BCUT2D eigenvalue weighted by molar-refractivity contribution is -0.191. The first kappa shape index (κ1) is 10.0. The summed E-state index contributed by atoms with van der Waals surface area (Å²) < 4.78 is 0. The van der Waals surface area contributed by atoms with Gasteiger partial charge in [-0.05, 0) is 0 Å². The van der Waals surface area contributed by atoms with Crippen molar-refractivity contribution in [2.24, 2.45) is 0 Å². The molecule has 0 amide bonds. The highest BCUT2D eigenvalue weighted by atomic mass is 16.3. The van der Waals surface area contributed by atoms with Crippen LogP contribution < -0.4 is 0 Å². The van der Waals surface area contributed by atoms with Crippen LogP contribution in [0.15, 0.2) is 18.2 Å². The molecule has 1 aromatic rings. The predicted molar refractivity (Wildman–Crippen MR) is 36.4 cm³/mol. The Labute approximate surface area is 67.5 Å². The standard InChI is InChI=1S/C6H6O3.CO2/c7-4-1-5(8)3-6(9)2-4;2-1-3/h1-3,7-9H;. The van der Waals surface area contributed by atoms with E-state index in [1.807, 2.05) is 0 Å². The largest absolute Gasteiger partial charge is 0.508 e. The van der Waals surface area contributed by atoms with E-state index in [1.54, 1.807) is 0 Å². The first-order valence-corrected chi connectivity index (χ1v) is 2.81. The zero-order valence-corrected chi connectivity index (χ0v) is 5.89. The molecule has 1 rings (SSSR count). The Morgan fingerprint density at radius 3 is 1.17 bits per heavy atom. The monoisotopic (exact) mass is 170 g/mol. The van der Waals surface area contributed by atoms with Gasteiger partial charge in [0.15, 0.2) is 0 Å². The number of carbonyl (C=O) groups excluding carboxylic acids is 2. The minimum absolute atomic E-state index is 0.146. The third kappa shape index (κ3) is 3.92. The van der Waals surface area contributed by atoms with Crippen LogP contribution in [0.2, 0.25) is 0 Å². The van der Waals surface area contributed by atoms with Gasteiger partial charge >= 0.3 is 6.15 Å². The summed E-state index contributed by atoms with van der Waals surface area (Å²) in [5.41, 5.74) is 0. The van der Waals surface area contributed by atoms with Gasteiger partial charge in [0, 0.05) is 18.2 Å². The van der Waals surface area contributed by atoms with E-state index in [0.717, 1.165) is 18.2 Å². The van der Waals surface area contributed by atoms with Crippen LogP contribution in [0.25, 0.3) is 0 Å². The molecule has 0 aliphatic rings. The summed E-state index contributed by atoms with van der Waals surface area (Å²) >= 11 is 0. The summed E-state index contributed by atoms with van der Waals surface area (Å²) in [5.74, 6) is -0.437. The van der Waals surface area contributed by atoms with Gasteiger partial charge in [0.25, 0.3) is 0 Å². The van der Waals surface area contributed by atoms with Gasteiger partial charge in [-0.3, -0.25) is 0 Å². The molecule has 0 saturated carbocycles. The zero-order chi connectivity index (χ0) is 9.56. The second-order valence-electron chi connectivity index (χ2n) is 1.79. The van der Waals surface area contributed by atoms with Crippen LogP contribution in [0.4, 0.5) is 0 Å². The van der Waals surface area contributed by atoms with Gasteiger partial charge < -0.3 is 15.3 Å². The number of phenolic OH excluding ortho intramolecular Hbond substituents is 3. The van der Waals surface area contributed by atoms with Crippen molar-refractivity contribution < 1.29 is 24.9 Å². The first-order chi connectivity index (χ1) is 5.60. The van der Waals surface area contributed by atoms with Crippen LogP contribution in [0.1, 0.15) is 0 Å². The highest BCUT2D eigenvalue weighted by Crippen LogP contribution is 2.23. The molecule has 0 fully saturated rings. The van der Waals surface area contributed by atoms with E-state index in [2.05, 4.69) is 0 Å². The predicted octanol–water partition coefficient (Wildman–Crippen LogP) is 0.220. The Kier molecular flexibility index (Phi) is 3.97. The Morgan fingerprint density at radius 2 is 1.00 bits per heavy atom. The molecule has 0 radical (unpaired) electrons. The second kappa shape index (κ2) is 4.76. The van der Waals surface area contributed by atoms with Crippen molar-refractivity contribution >= 4 is 6.15 Å².